The van der Waals surface area contributed by atoms with E-state index in [1.165, 1.54) is 31.3 Å². The summed E-state index contributed by atoms with van der Waals surface area (Å²) < 4.78 is 0. The lowest BCUT2D eigenvalue weighted by Crippen LogP contribution is -2.44. The second kappa shape index (κ2) is 8.05. The number of carbonyl (C=O) groups excluding carboxylic acids is 1. The zero-order valence-electron chi connectivity index (χ0n) is 16.9. The Hall–Kier alpha value is -1.81. The van der Waals surface area contributed by atoms with Crippen LogP contribution in [0, 0.1) is 5.92 Å². The normalized spacial score (nSPS) is 25.6. The fourth-order valence-electron chi connectivity index (χ4n) is 4.93. The van der Waals surface area contributed by atoms with E-state index in [0.717, 1.165) is 50.5 Å². The third kappa shape index (κ3) is 4.06. The van der Waals surface area contributed by atoms with Gasteiger partial charge in [0.25, 0.3) is 5.91 Å². The lowest BCUT2D eigenvalue weighted by atomic mass is 9.95. The minimum Gasteiger partial charge on any atom is -0.371 e. The van der Waals surface area contributed by atoms with Gasteiger partial charge >= 0.3 is 0 Å². The maximum absolute atomic E-state index is 13.5. The van der Waals surface area contributed by atoms with E-state index in [1.807, 2.05) is 12.1 Å². The van der Waals surface area contributed by atoms with Crippen LogP contribution in [0.5, 0.6) is 0 Å². The van der Waals surface area contributed by atoms with E-state index in [4.69, 9.17) is 0 Å². The van der Waals surface area contributed by atoms with Gasteiger partial charge in [-0.1, -0.05) is 23.8 Å². The van der Waals surface area contributed by atoms with E-state index in [-0.39, 0.29) is 5.91 Å². The Kier molecular flexibility index (Phi) is 5.53. The zero-order valence-corrected chi connectivity index (χ0v) is 16.9. The summed E-state index contributed by atoms with van der Waals surface area (Å²) in [7, 11) is 0. The van der Waals surface area contributed by atoms with Gasteiger partial charge in [-0.3, -0.25) is 9.69 Å². The van der Waals surface area contributed by atoms with Crippen LogP contribution in [0.15, 0.2) is 35.9 Å². The van der Waals surface area contributed by atoms with Gasteiger partial charge in [0, 0.05) is 51.0 Å². The minimum atomic E-state index is 0.235. The second-order valence-electron chi connectivity index (χ2n) is 8.75. The van der Waals surface area contributed by atoms with Crippen LogP contribution in [0.1, 0.15) is 49.9 Å². The van der Waals surface area contributed by atoms with Crippen molar-refractivity contribution in [2.24, 2.45) is 5.92 Å². The molecule has 0 aliphatic carbocycles. The number of piperidine rings is 1. The summed E-state index contributed by atoms with van der Waals surface area (Å²) >= 11 is 0. The summed E-state index contributed by atoms with van der Waals surface area (Å²) in [6, 6.07) is 8.75. The molecule has 2 atom stereocenters. The molecule has 2 bridgehead atoms. The van der Waals surface area contributed by atoms with Gasteiger partial charge in [-0.15, -0.1) is 0 Å². The summed E-state index contributed by atoms with van der Waals surface area (Å²) in [5, 5.41) is 0. The number of amides is 1. The lowest BCUT2D eigenvalue weighted by molar-refractivity contribution is 0.0741. The molecule has 27 heavy (non-hydrogen) atoms. The van der Waals surface area contributed by atoms with Gasteiger partial charge in [-0.05, 0) is 57.6 Å². The first-order chi connectivity index (χ1) is 13.1. The van der Waals surface area contributed by atoms with E-state index < -0.39 is 0 Å². The van der Waals surface area contributed by atoms with Gasteiger partial charge < -0.3 is 9.80 Å². The molecule has 4 saturated heterocycles. The maximum atomic E-state index is 13.5. The number of para-hydroxylation sites is 1. The number of hydrogen-bond donors (Lipinski definition) is 0. The summed E-state index contributed by atoms with van der Waals surface area (Å²) in [6.07, 6.45) is 7.27. The molecule has 4 heteroatoms. The average Bonchev–Trinajstić information content (AvgIpc) is 3.06. The highest BCUT2D eigenvalue weighted by atomic mass is 16.2. The smallest absolute Gasteiger partial charge is 0.256 e. The van der Waals surface area contributed by atoms with Crippen molar-refractivity contribution in [1.82, 2.24) is 9.80 Å². The number of rotatable bonds is 4. The van der Waals surface area contributed by atoms with Crippen molar-refractivity contribution in [2.75, 3.05) is 44.2 Å². The number of fused-ring (bicyclic) bond motifs is 4. The molecular formula is C23H33N3O. The van der Waals surface area contributed by atoms with Crippen LogP contribution in [0.25, 0.3) is 0 Å². The highest BCUT2D eigenvalue weighted by Crippen LogP contribution is 2.31. The summed E-state index contributed by atoms with van der Waals surface area (Å²) in [5.41, 5.74) is 3.41. The van der Waals surface area contributed by atoms with E-state index in [0.29, 0.717) is 12.0 Å². The molecule has 4 heterocycles. The molecule has 5 rings (SSSR count). The standard InChI is InChI=1S/C23H33N3O/c1-18(2)11-14-25-15-19-9-10-20(25)17-26(16-19)23(27)21-7-3-4-8-22(21)24-12-5-6-13-24/h3-4,7-8,11,19-20H,5-6,9-10,12-17H2,1-2H3/t19-,20-/m0/s1. The molecule has 4 aliphatic rings. The molecule has 1 aromatic carbocycles. The SMILES string of the molecule is CC(C)=CCN1C[C@@H]2CC[C@H]1CN(C(=O)c1ccccc1N1CCCC1)C2. The van der Waals surface area contributed by atoms with Crippen molar-refractivity contribution in [3.8, 4) is 0 Å². The minimum absolute atomic E-state index is 0.235. The Balaban J connectivity index is 1.53. The van der Waals surface area contributed by atoms with Crippen molar-refractivity contribution >= 4 is 11.6 Å². The van der Waals surface area contributed by atoms with Crippen molar-refractivity contribution in [3.05, 3.63) is 41.5 Å². The first-order valence-electron chi connectivity index (χ1n) is 10.6. The Bertz CT molecular complexity index is 703. The van der Waals surface area contributed by atoms with Gasteiger partial charge in [0.05, 0.1) is 5.56 Å². The predicted molar refractivity (Wildman–Crippen MR) is 111 cm³/mol. The Labute approximate surface area is 163 Å². The predicted octanol–water partition coefficient (Wildman–Crippen LogP) is 3.79. The molecule has 146 valence electrons. The number of nitrogens with zero attached hydrogens (tertiary/aromatic N) is 3. The van der Waals surface area contributed by atoms with Crippen LogP contribution in [-0.4, -0.2) is 61.0 Å². The molecular weight excluding hydrogens is 334 g/mol. The Morgan fingerprint density at radius 1 is 1.07 bits per heavy atom. The first kappa shape index (κ1) is 18.5. The largest absolute Gasteiger partial charge is 0.371 e. The van der Waals surface area contributed by atoms with E-state index >= 15 is 0 Å². The van der Waals surface area contributed by atoms with Crippen molar-refractivity contribution < 1.29 is 4.79 Å². The van der Waals surface area contributed by atoms with Crippen LogP contribution in [0.3, 0.4) is 0 Å². The van der Waals surface area contributed by atoms with Crippen molar-refractivity contribution in [2.45, 2.75) is 45.6 Å². The molecule has 1 amide bonds. The molecule has 4 aliphatic heterocycles. The average molecular weight is 368 g/mol. The van der Waals surface area contributed by atoms with E-state index in [9.17, 15) is 4.79 Å². The van der Waals surface area contributed by atoms with Gasteiger partial charge in [0.15, 0.2) is 0 Å². The van der Waals surface area contributed by atoms with Gasteiger partial charge in [0.2, 0.25) is 0 Å². The van der Waals surface area contributed by atoms with Crippen LogP contribution >= 0.6 is 0 Å². The number of benzene rings is 1. The third-order valence-corrected chi connectivity index (χ3v) is 6.43. The van der Waals surface area contributed by atoms with Crippen molar-refractivity contribution in [3.63, 3.8) is 0 Å². The molecule has 1 aromatic rings. The summed E-state index contributed by atoms with van der Waals surface area (Å²) in [4.78, 5) is 20.6. The molecule has 0 N–H and O–H groups in total. The quantitative estimate of drug-likeness (QED) is 0.758. The first-order valence-corrected chi connectivity index (χ1v) is 10.6. The van der Waals surface area contributed by atoms with Crippen molar-refractivity contribution in [1.29, 1.82) is 0 Å². The molecule has 4 fully saturated rings. The Morgan fingerprint density at radius 3 is 2.63 bits per heavy atom. The van der Waals surface area contributed by atoms with Crippen LogP contribution in [-0.2, 0) is 0 Å². The number of hydrogen-bond acceptors (Lipinski definition) is 3. The van der Waals surface area contributed by atoms with Crippen LogP contribution < -0.4 is 4.90 Å². The Morgan fingerprint density at radius 2 is 1.85 bits per heavy atom. The van der Waals surface area contributed by atoms with Crippen LogP contribution in [0.4, 0.5) is 5.69 Å². The van der Waals surface area contributed by atoms with E-state index in [2.05, 4.69) is 46.8 Å². The molecule has 0 radical (unpaired) electrons. The van der Waals surface area contributed by atoms with Gasteiger partial charge in [0.1, 0.15) is 0 Å². The summed E-state index contributed by atoms with van der Waals surface area (Å²) in [6.45, 7) is 10.4. The molecule has 0 spiro atoms. The van der Waals surface area contributed by atoms with Crippen LogP contribution in [0.2, 0.25) is 0 Å². The number of allylic oxidation sites excluding steroid dienone is 1. The third-order valence-electron chi connectivity index (χ3n) is 6.43. The fourth-order valence-corrected chi connectivity index (χ4v) is 4.93. The van der Waals surface area contributed by atoms with E-state index in [1.54, 1.807) is 0 Å². The highest BCUT2D eigenvalue weighted by Gasteiger charge is 2.36. The maximum Gasteiger partial charge on any atom is 0.256 e. The van der Waals surface area contributed by atoms with Gasteiger partial charge in [-0.25, -0.2) is 0 Å². The number of anilines is 1. The monoisotopic (exact) mass is 367 g/mol. The molecule has 4 nitrogen and oxygen atoms in total. The molecule has 0 saturated carbocycles. The molecule has 0 unspecified atom stereocenters. The number of carbonyl (C=O) groups is 1. The molecule has 0 aromatic heterocycles. The second-order valence-corrected chi connectivity index (χ2v) is 8.75. The topological polar surface area (TPSA) is 26.8 Å². The summed E-state index contributed by atoms with van der Waals surface area (Å²) in [5.74, 6) is 0.843. The fraction of sp³-hybridized carbons (Fsp3) is 0.609. The highest BCUT2D eigenvalue weighted by molar-refractivity contribution is 6.00. The lowest BCUT2D eigenvalue weighted by Gasteiger charge is -2.35. The zero-order chi connectivity index (χ0) is 18.8. The van der Waals surface area contributed by atoms with Gasteiger partial charge in [-0.2, -0.15) is 0 Å².